The van der Waals surface area contributed by atoms with Crippen molar-refractivity contribution in [1.29, 1.82) is 5.26 Å². The molecule has 0 spiro atoms. The second-order valence-corrected chi connectivity index (χ2v) is 8.79. The highest BCUT2D eigenvalue weighted by Gasteiger charge is 2.37. The Morgan fingerprint density at radius 1 is 1.14 bits per heavy atom. The van der Waals surface area contributed by atoms with Crippen LogP contribution in [0, 0.1) is 11.3 Å². The summed E-state index contributed by atoms with van der Waals surface area (Å²) in [6.07, 6.45) is 3.20. The molecule has 2 saturated heterocycles. The number of amides is 1. The molecule has 2 unspecified atom stereocenters. The predicted octanol–water partition coefficient (Wildman–Crippen LogP) is 3.20. The van der Waals surface area contributed by atoms with Crippen LogP contribution in [-0.4, -0.2) is 66.4 Å². The molecule has 2 atom stereocenters. The van der Waals surface area contributed by atoms with Gasteiger partial charge in [0.1, 0.15) is 5.60 Å². The quantitative estimate of drug-likeness (QED) is 0.728. The van der Waals surface area contributed by atoms with Crippen molar-refractivity contribution in [1.82, 2.24) is 9.80 Å². The molecule has 0 aliphatic carbocycles. The molecule has 6 heteroatoms. The Kier molecular flexibility index (Phi) is 6.58. The molecule has 2 aliphatic rings. The fraction of sp³-hybridized carbons (Fsp3) is 0.636. The molecular weight excluding hydrogens is 354 g/mol. The van der Waals surface area contributed by atoms with E-state index in [-0.39, 0.29) is 18.3 Å². The highest BCUT2D eigenvalue weighted by atomic mass is 16.6. The summed E-state index contributed by atoms with van der Waals surface area (Å²) in [5.41, 5.74) is 1.53. The lowest BCUT2D eigenvalue weighted by Gasteiger charge is -2.45. The minimum atomic E-state index is -0.467. The van der Waals surface area contributed by atoms with E-state index < -0.39 is 5.60 Å². The van der Waals surface area contributed by atoms with Crippen LogP contribution in [0.1, 0.15) is 44.7 Å². The molecule has 0 saturated carbocycles. The van der Waals surface area contributed by atoms with Crippen LogP contribution >= 0.6 is 0 Å². The van der Waals surface area contributed by atoms with Crippen molar-refractivity contribution >= 4 is 6.09 Å². The first-order valence-electron chi connectivity index (χ1n) is 10.2. The third-order valence-electron chi connectivity index (χ3n) is 5.08. The number of nitrogens with zero attached hydrogens (tertiary/aromatic N) is 3. The van der Waals surface area contributed by atoms with E-state index in [9.17, 15) is 4.79 Å². The highest BCUT2D eigenvalue weighted by molar-refractivity contribution is 5.68. The van der Waals surface area contributed by atoms with Gasteiger partial charge in [0.25, 0.3) is 0 Å². The zero-order valence-electron chi connectivity index (χ0n) is 17.2. The summed E-state index contributed by atoms with van der Waals surface area (Å²) in [6, 6.07) is 10.0. The molecule has 6 nitrogen and oxygen atoms in total. The number of benzene rings is 1. The molecule has 0 aromatic heterocycles. The smallest absolute Gasteiger partial charge is 0.410 e. The van der Waals surface area contributed by atoms with Gasteiger partial charge in [-0.1, -0.05) is 12.1 Å². The van der Waals surface area contributed by atoms with Crippen LogP contribution < -0.4 is 0 Å². The van der Waals surface area contributed by atoms with Gasteiger partial charge in [-0.25, -0.2) is 4.79 Å². The molecule has 2 fully saturated rings. The van der Waals surface area contributed by atoms with Crippen LogP contribution in [0.4, 0.5) is 4.79 Å². The fourth-order valence-corrected chi connectivity index (χ4v) is 3.85. The van der Waals surface area contributed by atoms with E-state index in [1.54, 1.807) is 4.90 Å². The predicted molar refractivity (Wildman–Crippen MR) is 107 cm³/mol. The summed E-state index contributed by atoms with van der Waals surface area (Å²) in [7, 11) is 0. The second kappa shape index (κ2) is 8.93. The third kappa shape index (κ3) is 5.95. The Balaban J connectivity index is 1.39. The number of unbranched alkanes of at least 4 members (excludes halogenated alkanes) is 1. The van der Waals surface area contributed by atoms with Crippen molar-refractivity contribution in [2.24, 2.45) is 0 Å². The van der Waals surface area contributed by atoms with Gasteiger partial charge in [-0.3, -0.25) is 4.90 Å². The monoisotopic (exact) mass is 385 g/mol. The van der Waals surface area contributed by atoms with Crippen molar-refractivity contribution in [3.05, 3.63) is 35.4 Å². The van der Waals surface area contributed by atoms with Crippen LogP contribution in [0.15, 0.2) is 24.3 Å². The third-order valence-corrected chi connectivity index (χ3v) is 5.08. The summed E-state index contributed by atoms with van der Waals surface area (Å²) in [6.45, 7) is 9.68. The summed E-state index contributed by atoms with van der Waals surface area (Å²) >= 11 is 0. The average Bonchev–Trinajstić information content (AvgIpc) is 2.63. The first-order valence-corrected chi connectivity index (χ1v) is 10.2. The SMILES string of the molecule is CC(C)(C)OC(=O)N1CC2CN(CCCCc3ccc(C#N)cc3)CC(C1)O2. The summed E-state index contributed by atoms with van der Waals surface area (Å²) in [5.74, 6) is 0. The first-order chi connectivity index (χ1) is 13.3. The van der Waals surface area contributed by atoms with Gasteiger partial charge in [-0.15, -0.1) is 0 Å². The number of aryl methyl sites for hydroxylation is 1. The van der Waals surface area contributed by atoms with Crippen molar-refractivity contribution in [3.8, 4) is 6.07 Å². The van der Waals surface area contributed by atoms with Gasteiger partial charge in [0.15, 0.2) is 0 Å². The van der Waals surface area contributed by atoms with Gasteiger partial charge in [0.05, 0.1) is 36.9 Å². The molecule has 2 heterocycles. The average molecular weight is 386 g/mol. The van der Waals surface area contributed by atoms with Crippen LogP contribution in [-0.2, 0) is 15.9 Å². The largest absolute Gasteiger partial charge is 0.444 e. The minimum absolute atomic E-state index is 0.0681. The normalized spacial score (nSPS) is 22.6. The van der Waals surface area contributed by atoms with Crippen molar-refractivity contribution in [2.45, 2.75) is 57.8 Å². The fourth-order valence-electron chi connectivity index (χ4n) is 3.85. The van der Waals surface area contributed by atoms with Gasteiger partial charge in [-0.2, -0.15) is 5.26 Å². The molecule has 3 rings (SSSR count). The van der Waals surface area contributed by atoms with E-state index in [2.05, 4.69) is 11.0 Å². The molecule has 0 N–H and O–H groups in total. The Morgan fingerprint density at radius 3 is 2.36 bits per heavy atom. The lowest BCUT2D eigenvalue weighted by atomic mass is 10.1. The Labute approximate surface area is 168 Å². The molecular formula is C22H31N3O3. The second-order valence-electron chi connectivity index (χ2n) is 8.79. The van der Waals surface area contributed by atoms with E-state index in [0.29, 0.717) is 18.7 Å². The van der Waals surface area contributed by atoms with E-state index in [1.165, 1.54) is 5.56 Å². The van der Waals surface area contributed by atoms with E-state index in [0.717, 1.165) is 38.9 Å². The summed E-state index contributed by atoms with van der Waals surface area (Å²) in [4.78, 5) is 16.6. The number of hydrogen-bond donors (Lipinski definition) is 0. The van der Waals surface area contributed by atoms with Crippen LogP contribution in [0.2, 0.25) is 0 Å². The number of fused-ring (bicyclic) bond motifs is 2. The van der Waals surface area contributed by atoms with Crippen LogP contribution in [0.25, 0.3) is 0 Å². The van der Waals surface area contributed by atoms with Crippen LogP contribution in [0.3, 0.4) is 0 Å². The number of rotatable bonds is 5. The van der Waals surface area contributed by atoms with Gasteiger partial charge in [0, 0.05) is 13.1 Å². The Bertz CT molecular complexity index is 691. The van der Waals surface area contributed by atoms with Gasteiger partial charge < -0.3 is 14.4 Å². The zero-order valence-corrected chi connectivity index (χ0v) is 17.2. The zero-order chi connectivity index (χ0) is 20.1. The van der Waals surface area contributed by atoms with E-state index in [4.69, 9.17) is 14.7 Å². The van der Waals surface area contributed by atoms with Crippen molar-refractivity contribution < 1.29 is 14.3 Å². The topological polar surface area (TPSA) is 65.8 Å². The molecule has 1 aromatic rings. The maximum atomic E-state index is 12.3. The molecule has 28 heavy (non-hydrogen) atoms. The van der Waals surface area contributed by atoms with Gasteiger partial charge in [-0.05, 0) is 64.3 Å². The van der Waals surface area contributed by atoms with E-state index >= 15 is 0 Å². The lowest BCUT2D eigenvalue weighted by Crippen LogP contribution is -2.61. The number of morpholine rings is 2. The molecule has 0 radical (unpaired) electrons. The Morgan fingerprint density at radius 2 is 1.79 bits per heavy atom. The summed E-state index contributed by atoms with van der Waals surface area (Å²) in [5, 5.41) is 8.86. The van der Waals surface area contributed by atoms with Crippen molar-refractivity contribution in [2.75, 3.05) is 32.7 Å². The maximum Gasteiger partial charge on any atom is 0.410 e. The van der Waals surface area contributed by atoms with Crippen LogP contribution in [0.5, 0.6) is 0 Å². The Hall–Kier alpha value is -2.10. The number of hydrogen-bond acceptors (Lipinski definition) is 5. The highest BCUT2D eigenvalue weighted by Crippen LogP contribution is 2.21. The lowest BCUT2D eigenvalue weighted by molar-refractivity contribution is -0.136. The number of nitriles is 1. The maximum absolute atomic E-state index is 12.3. The number of ether oxygens (including phenoxy) is 2. The molecule has 1 aromatic carbocycles. The first kappa shape index (κ1) is 20.6. The molecule has 1 amide bonds. The molecule has 2 aliphatic heterocycles. The van der Waals surface area contributed by atoms with Crippen molar-refractivity contribution in [3.63, 3.8) is 0 Å². The summed E-state index contributed by atoms with van der Waals surface area (Å²) < 4.78 is 11.5. The standard InChI is InChI=1S/C22H31N3O3/c1-22(2,3)28-21(26)25-15-19-13-24(14-20(16-25)27-19)11-5-4-6-17-7-9-18(12-23)10-8-17/h7-10,19-20H,4-6,11,13-16H2,1-3H3. The number of carbonyl (C=O) groups is 1. The number of carbonyl (C=O) groups excluding carboxylic acids is 1. The molecule has 2 bridgehead atoms. The minimum Gasteiger partial charge on any atom is -0.444 e. The molecule has 152 valence electrons. The van der Waals surface area contributed by atoms with E-state index in [1.807, 2.05) is 45.0 Å². The van der Waals surface area contributed by atoms with Gasteiger partial charge in [0.2, 0.25) is 0 Å². The van der Waals surface area contributed by atoms with Gasteiger partial charge >= 0.3 is 6.09 Å².